The number of rotatable bonds is 6. The normalized spacial score (nSPS) is 13.3. The highest BCUT2D eigenvalue weighted by molar-refractivity contribution is 7.99. The predicted molar refractivity (Wildman–Crippen MR) is 113 cm³/mol. The maximum absolute atomic E-state index is 12.8. The molecule has 0 saturated carbocycles. The second-order valence-corrected chi connectivity index (χ2v) is 8.03. The Labute approximate surface area is 179 Å². The van der Waals surface area contributed by atoms with Crippen LogP contribution in [0.25, 0.3) is 11.4 Å². The summed E-state index contributed by atoms with van der Waals surface area (Å²) in [6, 6.07) is 5.83. The topological polar surface area (TPSA) is 82.6 Å². The van der Waals surface area contributed by atoms with Crippen molar-refractivity contribution in [2.24, 2.45) is 7.05 Å². The van der Waals surface area contributed by atoms with Gasteiger partial charge in [-0.2, -0.15) is 0 Å². The van der Waals surface area contributed by atoms with Gasteiger partial charge < -0.3 is 23.4 Å². The fraction of sp³-hybridized carbons (Fsp3) is 0.381. The number of carbonyl (C=O) groups excluding carboxylic acids is 1. The zero-order chi connectivity index (χ0) is 21.3. The first kappa shape index (κ1) is 20.3. The molecule has 9 heteroatoms. The molecule has 30 heavy (non-hydrogen) atoms. The van der Waals surface area contributed by atoms with E-state index in [0.717, 1.165) is 34.9 Å². The van der Waals surface area contributed by atoms with Gasteiger partial charge in [0.2, 0.25) is 5.91 Å². The Kier molecular flexibility index (Phi) is 5.72. The van der Waals surface area contributed by atoms with Crippen LogP contribution in [0.4, 0.5) is 0 Å². The molecule has 1 amide bonds. The predicted octanol–water partition coefficient (Wildman–Crippen LogP) is 3.08. The van der Waals surface area contributed by atoms with E-state index in [0.29, 0.717) is 29.7 Å². The van der Waals surface area contributed by atoms with Gasteiger partial charge in [-0.3, -0.25) is 4.79 Å². The van der Waals surface area contributed by atoms with Crippen LogP contribution < -0.4 is 9.47 Å². The van der Waals surface area contributed by atoms with Crippen molar-refractivity contribution in [1.82, 2.24) is 19.7 Å². The average molecular weight is 429 g/mol. The summed E-state index contributed by atoms with van der Waals surface area (Å²) in [7, 11) is 5.14. The smallest absolute Gasteiger partial charge is 0.233 e. The zero-order valence-corrected chi connectivity index (χ0v) is 18.3. The molecule has 0 radical (unpaired) electrons. The Balaban J connectivity index is 1.42. The number of methoxy groups -OCH3 is 2. The summed E-state index contributed by atoms with van der Waals surface area (Å²) in [6.45, 7) is 3.13. The van der Waals surface area contributed by atoms with Crippen molar-refractivity contribution < 1.29 is 18.7 Å². The van der Waals surface area contributed by atoms with Crippen LogP contribution in [-0.4, -0.2) is 52.1 Å². The number of hydrogen-bond donors (Lipinski definition) is 0. The van der Waals surface area contributed by atoms with Gasteiger partial charge in [-0.05, 0) is 42.7 Å². The highest BCUT2D eigenvalue weighted by Gasteiger charge is 2.24. The standard InChI is InChI=1S/C21H24N4O4S/c1-13-16(6-8-29-13)20-22-23-21(24(20)2)30-12-19(26)25-7-5-14-9-17(27-3)18(28-4)10-15(14)11-25/h6,8-10H,5,7,11-12H2,1-4H3. The number of fused-ring (bicyclic) bond motifs is 1. The van der Waals surface area contributed by atoms with Gasteiger partial charge in [0.15, 0.2) is 22.5 Å². The molecule has 2 aromatic heterocycles. The van der Waals surface area contributed by atoms with E-state index in [4.69, 9.17) is 13.9 Å². The number of ether oxygens (including phenoxy) is 2. The van der Waals surface area contributed by atoms with Crippen molar-refractivity contribution in [3.05, 3.63) is 41.3 Å². The molecule has 158 valence electrons. The number of aryl methyl sites for hydroxylation is 1. The van der Waals surface area contributed by atoms with Gasteiger partial charge >= 0.3 is 0 Å². The fourth-order valence-corrected chi connectivity index (χ4v) is 4.42. The molecule has 3 heterocycles. The summed E-state index contributed by atoms with van der Waals surface area (Å²) >= 11 is 1.39. The summed E-state index contributed by atoms with van der Waals surface area (Å²) in [5.74, 6) is 3.29. The van der Waals surface area contributed by atoms with Crippen LogP contribution in [0.2, 0.25) is 0 Å². The lowest BCUT2D eigenvalue weighted by Gasteiger charge is -2.29. The molecule has 1 aliphatic rings. The molecular formula is C21H24N4O4S. The molecule has 0 N–H and O–H groups in total. The molecule has 1 aromatic carbocycles. The Morgan fingerprint density at radius 1 is 1.20 bits per heavy atom. The van der Waals surface area contributed by atoms with E-state index < -0.39 is 0 Å². The lowest BCUT2D eigenvalue weighted by Crippen LogP contribution is -2.37. The molecule has 1 aliphatic heterocycles. The SMILES string of the molecule is COc1cc2c(cc1OC)CN(C(=O)CSc1nnc(-c3ccoc3C)n1C)CC2. The third-order valence-electron chi connectivity index (χ3n) is 5.33. The van der Waals surface area contributed by atoms with Gasteiger partial charge in [0.25, 0.3) is 0 Å². The number of nitrogens with zero attached hydrogens (tertiary/aromatic N) is 4. The molecule has 0 spiro atoms. The van der Waals surface area contributed by atoms with Crippen LogP contribution in [0, 0.1) is 6.92 Å². The summed E-state index contributed by atoms with van der Waals surface area (Å²) in [5.41, 5.74) is 3.19. The fourth-order valence-electron chi connectivity index (χ4n) is 3.61. The van der Waals surface area contributed by atoms with Crippen molar-refractivity contribution in [1.29, 1.82) is 0 Å². The number of furan rings is 1. The molecule has 3 aromatic rings. The number of aromatic nitrogens is 3. The van der Waals surface area contributed by atoms with E-state index >= 15 is 0 Å². The zero-order valence-electron chi connectivity index (χ0n) is 17.5. The lowest BCUT2D eigenvalue weighted by molar-refractivity contribution is -0.129. The van der Waals surface area contributed by atoms with Crippen LogP contribution in [0.5, 0.6) is 11.5 Å². The van der Waals surface area contributed by atoms with Crippen molar-refractivity contribution in [3.8, 4) is 22.9 Å². The molecule has 0 fully saturated rings. The van der Waals surface area contributed by atoms with Gasteiger partial charge in [0.05, 0.1) is 31.8 Å². The minimum Gasteiger partial charge on any atom is -0.493 e. The monoisotopic (exact) mass is 428 g/mol. The highest BCUT2D eigenvalue weighted by atomic mass is 32.2. The molecular weight excluding hydrogens is 404 g/mol. The van der Waals surface area contributed by atoms with E-state index in [1.807, 2.05) is 41.6 Å². The first-order valence-electron chi connectivity index (χ1n) is 9.60. The second-order valence-electron chi connectivity index (χ2n) is 7.09. The minimum absolute atomic E-state index is 0.0736. The summed E-state index contributed by atoms with van der Waals surface area (Å²) in [6.07, 6.45) is 2.43. The average Bonchev–Trinajstić information content (AvgIpc) is 3.35. The Hall–Kier alpha value is -2.94. The summed E-state index contributed by atoms with van der Waals surface area (Å²) < 4.78 is 18.0. The van der Waals surface area contributed by atoms with Crippen molar-refractivity contribution in [3.63, 3.8) is 0 Å². The largest absolute Gasteiger partial charge is 0.493 e. The van der Waals surface area contributed by atoms with E-state index in [1.54, 1.807) is 20.5 Å². The van der Waals surface area contributed by atoms with Crippen LogP contribution in [0.3, 0.4) is 0 Å². The van der Waals surface area contributed by atoms with Crippen molar-refractivity contribution >= 4 is 17.7 Å². The molecule has 0 unspecified atom stereocenters. The van der Waals surface area contributed by atoms with Crippen molar-refractivity contribution in [2.45, 2.75) is 25.0 Å². The Morgan fingerprint density at radius 2 is 1.93 bits per heavy atom. The molecule has 8 nitrogen and oxygen atoms in total. The first-order chi connectivity index (χ1) is 14.5. The van der Waals surface area contributed by atoms with Crippen LogP contribution in [-0.2, 0) is 24.8 Å². The van der Waals surface area contributed by atoms with E-state index in [2.05, 4.69) is 10.2 Å². The molecule has 0 aliphatic carbocycles. The lowest BCUT2D eigenvalue weighted by atomic mass is 9.99. The first-order valence-corrected chi connectivity index (χ1v) is 10.6. The van der Waals surface area contributed by atoms with E-state index in [-0.39, 0.29) is 5.91 Å². The molecule has 0 atom stereocenters. The number of carbonyl (C=O) groups is 1. The maximum atomic E-state index is 12.8. The van der Waals surface area contributed by atoms with Gasteiger partial charge in [-0.1, -0.05) is 11.8 Å². The van der Waals surface area contributed by atoms with Crippen LogP contribution in [0.1, 0.15) is 16.9 Å². The number of benzene rings is 1. The number of thioether (sulfide) groups is 1. The number of hydrogen-bond acceptors (Lipinski definition) is 7. The summed E-state index contributed by atoms with van der Waals surface area (Å²) in [4.78, 5) is 14.7. The third kappa shape index (κ3) is 3.77. The van der Waals surface area contributed by atoms with Gasteiger partial charge in [0.1, 0.15) is 5.76 Å². The van der Waals surface area contributed by atoms with E-state index in [1.165, 1.54) is 17.3 Å². The van der Waals surface area contributed by atoms with Gasteiger partial charge in [-0.15, -0.1) is 10.2 Å². The Morgan fingerprint density at radius 3 is 2.60 bits per heavy atom. The highest BCUT2D eigenvalue weighted by Crippen LogP contribution is 2.33. The number of amides is 1. The third-order valence-corrected chi connectivity index (χ3v) is 6.34. The summed E-state index contributed by atoms with van der Waals surface area (Å²) in [5, 5.41) is 9.19. The van der Waals surface area contributed by atoms with E-state index in [9.17, 15) is 4.79 Å². The van der Waals surface area contributed by atoms with Crippen molar-refractivity contribution in [2.75, 3.05) is 26.5 Å². The maximum Gasteiger partial charge on any atom is 0.233 e. The molecule has 0 bridgehead atoms. The molecule has 0 saturated heterocycles. The Bertz CT molecular complexity index is 1080. The van der Waals surface area contributed by atoms with Gasteiger partial charge in [0, 0.05) is 20.1 Å². The quantitative estimate of drug-likeness (QED) is 0.558. The second kappa shape index (κ2) is 8.43. The van der Waals surface area contributed by atoms with Crippen LogP contribution >= 0.6 is 11.8 Å². The van der Waals surface area contributed by atoms with Crippen LogP contribution in [0.15, 0.2) is 34.0 Å². The molecule has 4 rings (SSSR count). The van der Waals surface area contributed by atoms with Gasteiger partial charge in [-0.25, -0.2) is 0 Å². The minimum atomic E-state index is 0.0736.